The maximum atomic E-state index is 3.73. The predicted octanol–water partition coefficient (Wildman–Crippen LogP) is 12.6. The fourth-order valence-electron chi connectivity index (χ4n) is 6.54. The molecule has 0 heterocycles. The zero-order valence-electron chi connectivity index (χ0n) is 27.0. The number of nitrogens with zero attached hydrogens (tertiary/aromatic N) is 1. The Labute approximate surface area is 274 Å². The molecule has 0 N–H and O–H groups in total. The summed E-state index contributed by atoms with van der Waals surface area (Å²) in [5.41, 5.74) is 13.6. The van der Waals surface area contributed by atoms with Gasteiger partial charge in [-0.1, -0.05) is 154 Å². The second kappa shape index (κ2) is 13.7. The lowest BCUT2D eigenvalue weighted by Crippen LogP contribution is -2.15. The van der Waals surface area contributed by atoms with Crippen molar-refractivity contribution in [2.45, 2.75) is 32.6 Å². The first-order valence-corrected chi connectivity index (χ1v) is 16.1. The maximum Gasteiger partial charge on any atom is 0.0468 e. The Morgan fingerprint density at radius 2 is 1.30 bits per heavy atom. The summed E-state index contributed by atoms with van der Waals surface area (Å²) in [4.78, 5) is 2.34. The van der Waals surface area contributed by atoms with Gasteiger partial charge in [0.2, 0.25) is 0 Å². The number of hydrogen-bond donors (Lipinski definition) is 0. The van der Waals surface area contributed by atoms with Gasteiger partial charge in [0.05, 0.1) is 0 Å². The van der Waals surface area contributed by atoms with E-state index >= 15 is 0 Å². The van der Waals surface area contributed by atoms with Gasteiger partial charge in [0.1, 0.15) is 0 Å². The molecule has 6 rings (SSSR count). The zero-order chi connectivity index (χ0) is 31.9. The van der Waals surface area contributed by atoms with Gasteiger partial charge < -0.3 is 4.90 Å². The summed E-state index contributed by atoms with van der Waals surface area (Å²) in [6, 6.07) is 44.2. The van der Waals surface area contributed by atoms with Crippen LogP contribution in [-0.2, 0) is 5.41 Å². The molecule has 0 spiro atoms. The molecule has 1 nitrogen and oxygen atoms in total. The smallest absolute Gasteiger partial charge is 0.0468 e. The van der Waals surface area contributed by atoms with Gasteiger partial charge in [-0.25, -0.2) is 0 Å². The van der Waals surface area contributed by atoms with Gasteiger partial charge in [0, 0.05) is 22.5 Å². The third-order valence-electron chi connectivity index (χ3n) is 8.86. The molecule has 0 unspecified atom stereocenters. The molecule has 0 amide bonds. The molecule has 5 aromatic carbocycles. The number of hydrogen-bond acceptors (Lipinski definition) is 1. The molecule has 46 heavy (non-hydrogen) atoms. The van der Waals surface area contributed by atoms with Crippen LogP contribution >= 0.6 is 0 Å². The molecule has 0 saturated carbocycles. The van der Waals surface area contributed by atoms with Gasteiger partial charge >= 0.3 is 0 Å². The highest BCUT2D eigenvalue weighted by molar-refractivity contribution is 5.90. The monoisotopic (exact) mass is 595 g/mol. The molecule has 0 atom stereocenters. The first kappa shape index (κ1) is 30.6. The molecule has 5 aromatic rings. The van der Waals surface area contributed by atoms with Crippen molar-refractivity contribution >= 4 is 11.4 Å². The first-order chi connectivity index (χ1) is 22.5. The van der Waals surface area contributed by atoms with E-state index in [9.17, 15) is 0 Å². The van der Waals surface area contributed by atoms with Crippen LogP contribution in [0.25, 0.3) is 33.4 Å². The number of benzene rings is 5. The van der Waals surface area contributed by atoms with Crippen LogP contribution in [0.1, 0.15) is 38.3 Å². The zero-order valence-corrected chi connectivity index (χ0v) is 27.0. The van der Waals surface area contributed by atoms with Gasteiger partial charge in [-0.2, -0.15) is 0 Å². The van der Waals surface area contributed by atoms with E-state index in [0.29, 0.717) is 0 Å². The van der Waals surface area contributed by atoms with E-state index in [1.807, 2.05) is 12.2 Å². The number of fused-ring (bicyclic) bond motifs is 3. The molecule has 1 heteroatoms. The lowest BCUT2D eigenvalue weighted by molar-refractivity contribution is 0.660. The lowest BCUT2D eigenvalue weighted by atomic mass is 9.81. The van der Waals surface area contributed by atoms with Gasteiger partial charge in [-0.05, 0) is 94.3 Å². The van der Waals surface area contributed by atoms with E-state index in [4.69, 9.17) is 0 Å². The SMILES string of the molecule is C=C/C=C\C=C\C/C=C\C(=C/C)N(c1ccccc1)c1ccc(-c2ccc3c(c2)C(C)(C)c2ccccc2-3)c(-c2ccccc2)c1. The summed E-state index contributed by atoms with van der Waals surface area (Å²) in [5, 5.41) is 0. The maximum absolute atomic E-state index is 3.73. The van der Waals surface area contributed by atoms with Crippen LogP contribution in [0.4, 0.5) is 11.4 Å². The van der Waals surface area contributed by atoms with E-state index in [2.05, 4.69) is 184 Å². The largest absolute Gasteiger partial charge is 0.311 e. The Kier molecular flexibility index (Phi) is 9.13. The number of allylic oxidation sites excluding steroid dienone is 8. The minimum Gasteiger partial charge on any atom is -0.311 e. The third kappa shape index (κ3) is 6.10. The summed E-state index contributed by atoms with van der Waals surface area (Å²) in [6.45, 7) is 10.5. The van der Waals surface area contributed by atoms with Crippen molar-refractivity contribution < 1.29 is 0 Å². The van der Waals surface area contributed by atoms with Gasteiger partial charge in [-0.15, -0.1) is 0 Å². The highest BCUT2D eigenvalue weighted by Crippen LogP contribution is 2.50. The standard InChI is InChI=1S/C45H41N/c1-5-7-8-9-10-11-16-23-36(6-2)46(37-24-17-13-18-25-37)38-29-31-39(42(33-38)34-21-14-12-15-22-34)35-28-30-41-40-26-19-20-27-43(40)45(3,4)44(41)32-35/h5-10,12-33H,1,11H2,2-4H3/b8-7-,10-9+,23-16-,36-6+. The van der Waals surface area contributed by atoms with E-state index in [0.717, 1.165) is 23.5 Å². The van der Waals surface area contributed by atoms with Crippen LogP contribution in [0.3, 0.4) is 0 Å². The van der Waals surface area contributed by atoms with Crippen LogP contribution in [0.2, 0.25) is 0 Å². The van der Waals surface area contributed by atoms with Crippen molar-refractivity contribution in [1.82, 2.24) is 0 Å². The topological polar surface area (TPSA) is 3.24 Å². The molecule has 0 bridgehead atoms. The molecule has 1 aliphatic rings. The number of para-hydroxylation sites is 1. The highest BCUT2D eigenvalue weighted by Gasteiger charge is 2.35. The molecule has 0 aliphatic heterocycles. The normalized spacial score (nSPS) is 13.8. The second-order valence-corrected chi connectivity index (χ2v) is 12.1. The molecule has 0 radical (unpaired) electrons. The van der Waals surface area contributed by atoms with Crippen molar-refractivity contribution in [3.05, 3.63) is 193 Å². The van der Waals surface area contributed by atoms with Crippen LogP contribution in [0.15, 0.2) is 182 Å². The number of anilines is 2. The van der Waals surface area contributed by atoms with E-state index < -0.39 is 0 Å². The van der Waals surface area contributed by atoms with Crippen LogP contribution in [-0.4, -0.2) is 0 Å². The molecule has 226 valence electrons. The number of rotatable bonds is 10. The summed E-state index contributed by atoms with van der Waals surface area (Å²) >= 11 is 0. The quantitative estimate of drug-likeness (QED) is 0.145. The Hall–Kier alpha value is -5.40. The second-order valence-electron chi connectivity index (χ2n) is 12.1. The Balaban J connectivity index is 1.45. The fraction of sp³-hybridized carbons (Fsp3) is 0.111. The van der Waals surface area contributed by atoms with E-state index in [1.54, 1.807) is 6.08 Å². The van der Waals surface area contributed by atoms with Crippen LogP contribution < -0.4 is 4.90 Å². The summed E-state index contributed by atoms with van der Waals surface area (Å²) in [5.74, 6) is 0. The molecular weight excluding hydrogens is 555 g/mol. The Bertz CT molecular complexity index is 1950. The van der Waals surface area contributed by atoms with Crippen LogP contribution in [0.5, 0.6) is 0 Å². The summed E-state index contributed by atoms with van der Waals surface area (Å²) < 4.78 is 0. The average molecular weight is 596 g/mol. The Morgan fingerprint density at radius 3 is 2.07 bits per heavy atom. The molecule has 1 aliphatic carbocycles. The van der Waals surface area contributed by atoms with Gasteiger partial charge in [-0.3, -0.25) is 0 Å². The molecule has 0 fully saturated rings. The first-order valence-electron chi connectivity index (χ1n) is 16.1. The molecule has 0 aromatic heterocycles. The van der Waals surface area contributed by atoms with Crippen molar-refractivity contribution in [3.63, 3.8) is 0 Å². The summed E-state index contributed by atoms with van der Waals surface area (Å²) in [6.07, 6.45) is 17.4. The third-order valence-corrected chi connectivity index (χ3v) is 8.86. The minimum absolute atomic E-state index is 0.0524. The fourth-order valence-corrected chi connectivity index (χ4v) is 6.54. The van der Waals surface area contributed by atoms with Crippen molar-refractivity contribution in [3.8, 4) is 33.4 Å². The highest BCUT2D eigenvalue weighted by atomic mass is 15.1. The van der Waals surface area contributed by atoms with Crippen molar-refractivity contribution in [1.29, 1.82) is 0 Å². The van der Waals surface area contributed by atoms with Gasteiger partial charge in [0.25, 0.3) is 0 Å². The average Bonchev–Trinajstić information content (AvgIpc) is 3.33. The Morgan fingerprint density at radius 1 is 0.609 bits per heavy atom. The predicted molar refractivity (Wildman–Crippen MR) is 199 cm³/mol. The lowest BCUT2D eigenvalue weighted by Gasteiger charge is -2.28. The molecule has 0 saturated heterocycles. The van der Waals surface area contributed by atoms with Gasteiger partial charge in [0.15, 0.2) is 0 Å². The summed E-state index contributed by atoms with van der Waals surface area (Å²) in [7, 11) is 0. The van der Waals surface area contributed by atoms with Crippen molar-refractivity contribution in [2.75, 3.05) is 4.90 Å². The van der Waals surface area contributed by atoms with E-state index in [1.165, 1.54) is 44.5 Å². The van der Waals surface area contributed by atoms with Crippen LogP contribution in [0, 0.1) is 0 Å². The van der Waals surface area contributed by atoms with Crippen molar-refractivity contribution in [2.24, 2.45) is 0 Å². The minimum atomic E-state index is -0.0524. The molecular formula is C45H41N. The van der Waals surface area contributed by atoms with E-state index in [-0.39, 0.29) is 5.41 Å².